The second kappa shape index (κ2) is 6.38. The van der Waals surface area contributed by atoms with Crippen molar-refractivity contribution in [3.05, 3.63) is 47.8 Å². The maximum absolute atomic E-state index is 11.8. The van der Waals surface area contributed by atoms with Crippen LogP contribution in [0.3, 0.4) is 0 Å². The Labute approximate surface area is 147 Å². The second-order valence-electron chi connectivity index (χ2n) is 6.96. The van der Waals surface area contributed by atoms with E-state index in [0.29, 0.717) is 12.0 Å². The standard InChI is InChI=1S/C18H22N4O2S/c19-25(23,24)17-8-4-3-7-13(17)14-11-15(14)16-9-10-20-18(22-16)21-12-5-1-2-6-12/h3-4,7-10,12,14-15H,1-2,5-6,11H2,(H2,19,23,24)(H,20,21,22). The summed E-state index contributed by atoms with van der Waals surface area (Å²) in [5.41, 5.74) is 1.75. The summed E-state index contributed by atoms with van der Waals surface area (Å²) >= 11 is 0. The largest absolute Gasteiger partial charge is 0.351 e. The molecule has 0 radical (unpaired) electrons. The Balaban J connectivity index is 1.54. The van der Waals surface area contributed by atoms with Crippen LogP contribution in [0.2, 0.25) is 0 Å². The average Bonchev–Trinajstić information content (AvgIpc) is 3.24. The van der Waals surface area contributed by atoms with Gasteiger partial charge in [0, 0.05) is 23.9 Å². The molecule has 2 aliphatic rings. The minimum Gasteiger partial charge on any atom is -0.351 e. The van der Waals surface area contributed by atoms with Crippen LogP contribution in [-0.2, 0) is 10.0 Å². The molecule has 1 aromatic heterocycles. The first-order valence-electron chi connectivity index (χ1n) is 8.73. The number of hydrogen-bond acceptors (Lipinski definition) is 5. The highest BCUT2D eigenvalue weighted by atomic mass is 32.2. The third kappa shape index (κ3) is 3.52. The monoisotopic (exact) mass is 358 g/mol. The number of hydrogen-bond donors (Lipinski definition) is 2. The van der Waals surface area contributed by atoms with Crippen molar-refractivity contribution < 1.29 is 8.42 Å². The molecule has 132 valence electrons. The summed E-state index contributed by atoms with van der Waals surface area (Å²) in [5, 5.41) is 8.78. The van der Waals surface area contributed by atoms with Crippen LogP contribution >= 0.6 is 0 Å². The van der Waals surface area contributed by atoms with Gasteiger partial charge < -0.3 is 5.32 Å². The zero-order valence-electron chi connectivity index (χ0n) is 13.9. The van der Waals surface area contributed by atoms with Gasteiger partial charge in [-0.1, -0.05) is 31.0 Å². The Hall–Kier alpha value is -1.99. The quantitative estimate of drug-likeness (QED) is 0.856. The zero-order valence-corrected chi connectivity index (χ0v) is 14.7. The molecule has 0 spiro atoms. The lowest BCUT2D eigenvalue weighted by atomic mass is 10.1. The number of benzene rings is 1. The number of nitrogens with two attached hydrogens (primary N) is 1. The number of nitrogens with one attached hydrogen (secondary N) is 1. The molecule has 1 aromatic carbocycles. The summed E-state index contributed by atoms with van der Waals surface area (Å²) in [6, 6.07) is 9.37. The Morgan fingerprint density at radius 2 is 1.84 bits per heavy atom. The van der Waals surface area contributed by atoms with E-state index in [2.05, 4.69) is 15.3 Å². The van der Waals surface area contributed by atoms with Gasteiger partial charge in [0.1, 0.15) is 0 Å². The van der Waals surface area contributed by atoms with E-state index in [9.17, 15) is 8.42 Å². The fourth-order valence-corrected chi connectivity index (χ4v) is 4.63. The maximum atomic E-state index is 11.8. The van der Waals surface area contributed by atoms with Gasteiger partial charge in [-0.25, -0.2) is 23.5 Å². The van der Waals surface area contributed by atoms with Crippen molar-refractivity contribution in [2.24, 2.45) is 5.14 Å². The lowest BCUT2D eigenvalue weighted by Crippen LogP contribution is -2.17. The summed E-state index contributed by atoms with van der Waals surface area (Å²) in [6.45, 7) is 0. The Morgan fingerprint density at radius 1 is 1.08 bits per heavy atom. The summed E-state index contributed by atoms with van der Waals surface area (Å²) < 4.78 is 23.6. The highest BCUT2D eigenvalue weighted by molar-refractivity contribution is 7.89. The second-order valence-corrected chi connectivity index (χ2v) is 8.49. The Bertz CT molecular complexity index is 878. The van der Waals surface area contributed by atoms with Crippen LogP contribution in [0.25, 0.3) is 0 Å². The number of sulfonamides is 1. The molecule has 0 aliphatic heterocycles. The first-order valence-corrected chi connectivity index (χ1v) is 10.3. The van der Waals surface area contributed by atoms with E-state index in [1.165, 1.54) is 25.7 Å². The van der Waals surface area contributed by atoms with Crippen molar-refractivity contribution in [1.29, 1.82) is 0 Å². The fourth-order valence-electron chi connectivity index (χ4n) is 3.81. The smallest absolute Gasteiger partial charge is 0.238 e. The van der Waals surface area contributed by atoms with Gasteiger partial charge in [0.2, 0.25) is 16.0 Å². The van der Waals surface area contributed by atoms with Crippen LogP contribution in [0.15, 0.2) is 41.4 Å². The van der Waals surface area contributed by atoms with E-state index in [1.807, 2.05) is 18.2 Å². The molecular formula is C18H22N4O2S. The normalized spacial score (nSPS) is 23.6. The van der Waals surface area contributed by atoms with Gasteiger partial charge in [-0.15, -0.1) is 0 Å². The summed E-state index contributed by atoms with van der Waals surface area (Å²) in [5.74, 6) is 1.04. The van der Waals surface area contributed by atoms with Crippen LogP contribution in [0, 0.1) is 0 Å². The zero-order chi connectivity index (χ0) is 17.4. The van der Waals surface area contributed by atoms with Crippen molar-refractivity contribution in [3.8, 4) is 0 Å². The molecule has 0 bridgehead atoms. The average molecular weight is 358 g/mol. The summed E-state index contributed by atoms with van der Waals surface area (Å²) in [6.07, 6.45) is 7.51. The Morgan fingerprint density at radius 3 is 2.60 bits per heavy atom. The Kier molecular flexibility index (Phi) is 4.21. The molecule has 2 saturated carbocycles. The lowest BCUT2D eigenvalue weighted by molar-refractivity contribution is 0.596. The van der Waals surface area contributed by atoms with Crippen LogP contribution in [-0.4, -0.2) is 24.4 Å². The van der Waals surface area contributed by atoms with Crippen LogP contribution in [0.4, 0.5) is 5.95 Å². The third-order valence-corrected chi connectivity index (χ3v) is 6.15. The van der Waals surface area contributed by atoms with Crippen molar-refractivity contribution in [2.75, 3.05) is 5.32 Å². The van der Waals surface area contributed by atoms with Crippen molar-refractivity contribution in [3.63, 3.8) is 0 Å². The van der Waals surface area contributed by atoms with E-state index < -0.39 is 10.0 Å². The van der Waals surface area contributed by atoms with E-state index in [1.54, 1.807) is 18.3 Å². The number of aromatic nitrogens is 2. The number of rotatable bonds is 5. The molecule has 0 amide bonds. The molecular weight excluding hydrogens is 336 g/mol. The fraction of sp³-hybridized carbons (Fsp3) is 0.444. The molecule has 1 heterocycles. The van der Waals surface area contributed by atoms with Crippen molar-refractivity contribution >= 4 is 16.0 Å². The van der Waals surface area contributed by atoms with Crippen LogP contribution in [0.5, 0.6) is 0 Å². The molecule has 2 unspecified atom stereocenters. The van der Waals surface area contributed by atoms with E-state index in [0.717, 1.165) is 17.7 Å². The molecule has 7 heteroatoms. The number of nitrogens with zero attached hydrogens (tertiary/aromatic N) is 2. The molecule has 2 aromatic rings. The molecule has 2 atom stereocenters. The maximum Gasteiger partial charge on any atom is 0.238 e. The first-order chi connectivity index (χ1) is 12.0. The van der Waals surface area contributed by atoms with E-state index in [-0.39, 0.29) is 16.7 Å². The molecule has 3 N–H and O–H groups in total. The molecule has 0 saturated heterocycles. The van der Waals surface area contributed by atoms with Crippen LogP contribution < -0.4 is 10.5 Å². The van der Waals surface area contributed by atoms with Gasteiger partial charge in [-0.3, -0.25) is 0 Å². The topological polar surface area (TPSA) is 98.0 Å². The third-order valence-electron chi connectivity index (χ3n) is 5.16. The van der Waals surface area contributed by atoms with Crippen molar-refractivity contribution in [1.82, 2.24) is 9.97 Å². The van der Waals surface area contributed by atoms with E-state index in [4.69, 9.17) is 5.14 Å². The van der Waals surface area contributed by atoms with Gasteiger partial charge in [-0.05, 0) is 42.9 Å². The highest BCUT2D eigenvalue weighted by Crippen LogP contribution is 2.55. The predicted molar refractivity (Wildman–Crippen MR) is 95.8 cm³/mol. The van der Waals surface area contributed by atoms with Gasteiger partial charge >= 0.3 is 0 Å². The van der Waals surface area contributed by atoms with Gasteiger partial charge in [0.05, 0.1) is 4.90 Å². The van der Waals surface area contributed by atoms with Gasteiger partial charge in [0.15, 0.2) is 0 Å². The van der Waals surface area contributed by atoms with E-state index >= 15 is 0 Å². The number of primary sulfonamides is 1. The van der Waals surface area contributed by atoms with Crippen molar-refractivity contribution in [2.45, 2.75) is 54.9 Å². The number of anilines is 1. The minimum atomic E-state index is -3.71. The molecule has 2 fully saturated rings. The predicted octanol–water partition coefficient (Wildman–Crippen LogP) is 2.75. The summed E-state index contributed by atoms with van der Waals surface area (Å²) in [4.78, 5) is 9.22. The van der Waals surface area contributed by atoms with Crippen LogP contribution in [0.1, 0.15) is 55.2 Å². The van der Waals surface area contributed by atoms with Gasteiger partial charge in [-0.2, -0.15) is 0 Å². The molecule has 6 nitrogen and oxygen atoms in total. The lowest BCUT2D eigenvalue weighted by Gasteiger charge is -2.12. The summed E-state index contributed by atoms with van der Waals surface area (Å²) in [7, 11) is -3.71. The minimum absolute atomic E-state index is 0.142. The highest BCUT2D eigenvalue weighted by Gasteiger charge is 2.42. The van der Waals surface area contributed by atoms with Gasteiger partial charge in [0.25, 0.3) is 0 Å². The first kappa shape index (κ1) is 16.5. The molecule has 25 heavy (non-hydrogen) atoms. The molecule has 4 rings (SSSR count). The molecule has 2 aliphatic carbocycles. The SMILES string of the molecule is NS(=O)(=O)c1ccccc1C1CC1c1ccnc(NC2CCCC2)n1.